The molecule has 0 radical (unpaired) electrons. The van der Waals surface area contributed by atoms with E-state index >= 15 is 0 Å². The molecule has 8 heteroatoms. The van der Waals surface area contributed by atoms with Crippen molar-refractivity contribution in [1.29, 1.82) is 0 Å². The molecule has 0 aliphatic heterocycles. The number of carbonyl (C=O) groups is 1. The van der Waals surface area contributed by atoms with Crippen LogP contribution in [0.5, 0.6) is 0 Å². The summed E-state index contributed by atoms with van der Waals surface area (Å²) in [6.07, 6.45) is 0. The van der Waals surface area contributed by atoms with Crippen LogP contribution >= 0.6 is 0 Å². The molecule has 2 aromatic rings. The third kappa shape index (κ3) is 4.80. The van der Waals surface area contributed by atoms with Crippen molar-refractivity contribution in [3.8, 4) is 0 Å². The molecule has 0 aliphatic rings. The summed E-state index contributed by atoms with van der Waals surface area (Å²) < 4.78 is 40.3. The highest BCUT2D eigenvalue weighted by Crippen LogP contribution is 2.19. The minimum absolute atomic E-state index is 0.361. The molecule has 0 fully saturated rings. The quantitative estimate of drug-likeness (QED) is 0.803. The lowest BCUT2D eigenvalue weighted by Gasteiger charge is -2.27. The molecule has 0 spiro atoms. The second-order valence-corrected chi connectivity index (χ2v) is 8.04. The summed E-state index contributed by atoms with van der Waals surface area (Å²) in [5.41, 5.74) is 1.12. The van der Waals surface area contributed by atoms with Gasteiger partial charge >= 0.3 is 10.2 Å². The van der Waals surface area contributed by atoms with Gasteiger partial charge in [-0.25, -0.2) is 8.70 Å². The van der Waals surface area contributed by atoms with Crippen LogP contribution in [-0.2, 0) is 15.0 Å². The summed E-state index contributed by atoms with van der Waals surface area (Å²) in [5, 5.41) is 2.74. The summed E-state index contributed by atoms with van der Waals surface area (Å²) in [5.74, 6) is -0.823. The normalized spacial score (nSPS) is 12.7. The number of nitrogens with zero attached hydrogens (tertiary/aromatic N) is 2. The van der Waals surface area contributed by atoms with Gasteiger partial charge in [0.2, 0.25) is 5.91 Å². The van der Waals surface area contributed by atoms with E-state index in [4.69, 9.17) is 0 Å². The Morgan fingerprint density at radius 2 is 1.65 bits per heavy atom. The van der Waals surface area contributed by atoms with Gasteiger partial charge in [-0.15, -0.1) is 0 Å². The maximum atomic E-state index is 13.0. The lowest BCUT2D eigenvalue weighted by atomic mass is 10.1. The summed E-state index contributed by atoms with van der Waals surface area (Å²) in [6.45, 7) is 1.38. The van der Waals surface area contributed by atoms with Gasteiger partial charge in [0.05, 0.1) is 11.7 Å². The topological polar surface area (TPSA) is 69.7 Å². The molecule has 0 saturated heterocycles. The zero-order valence-corrected chi connectivity index (χ0v) is 15.7. The molecule has 0 aliphatic carbocycles. The van der Waals surface area contributed by atoms with E-state index in [1.807, 2.05) is 0 Å². The first-order valence-electron chi connectivity index (χ1n) is 8.02. The predicted molar refractivity (Wildman–Crippen MR) is 99.4 cm³/mol. The molecular formula is C18H22FN3O3S. The second-order valence-electron chi connectivity index (χ2n) is 5.97. The molecule has 1 atom stereocenters. The van der Waals surface area contributed by atoms with E-state index in [0.717, 1.165) is 14.2 Å². The first kappa shape index (κ1) is 19.9. The number of nitrogens with one attached hydrogen (secondary N) is 1. The maximum absolute atomic E-state index is 13.0. The molecule has 0 aromatic heterocycles. The Balaban J connectivity index is 2.17. The SMILES string of the molecule is CC(NC(=O)CN(c1ccccc1)S(=O)(=O)N(C)C)c1ccc(F)cc1. The average molecular weight is 379 g/mol. The summed E-state index contributed by atoms with van der Waals surface area (Å²) >= 11 is 0. The van der Waals surface area contributed by atoms with Crippen LogP contribution in [0.2, 0.25) is 0 Å². The molecule has 1 unspecified atom stereocenters. The minimum Gasteiger partial charge on any atom is -0.348 e. The van der Waals surface area contributed by atoms with Crippen molar-refractivity contribution in [1.82, 2.24) is 9.62 Å². The van der Waals surface area contributed by atoms with Gasteiger partial charge in [0, 0.05) is 14.1 Å². The smallest absolute Gasteiger partial charge is 0.304 e. The van der Waals surface area contributed by atoms with Crippen LogP contribution in [0.25, 0.3) is 0 Å². The van der Waals surface area contributed by atoms with Crippen molar-refractivity contribution >= 4 is 21.8 Å². The number of hydrogen-bond acceptors (Lipinski definition) is 3. The molecule has 2 aromatic carbocycles. The fourth-order valence-corrected chi connectivity index (χ4v) is 3.41. The Morgan fingerprint density at radius 3 is 2.19 bits per heavy atom. The number of para-hydroxylation sites is 1. The molecule has 0 heterocycles. The third-order valence-corrected chi connectivity index (χ3v) is 5.64. The number of hydrogen-bond donors (Lipinski definition) is 1. The first-order chi connectivity index (χ1) is 12.2. The zero-order chi connectivity index (χ0) is 19.3. The Labute approximate surface area is 153 Å². The van der Waals surface area contributed by atoms with Gasteiger partial charge in [0.1, 0.15) is 12.4 Å². The van der Waals surface area contributed by atoms with Gasteiger partial charge < -0.3 is 5.32 Å². The lowest BCUT2D eigenvalue weighted by Crippen LogP contribution is -2.46. The molecule has 1 N–H and O–H groups in total. The van der Waals surface area contributed by atoms with Crippen LogP contribution in [0.3, 0.4) is 0 Å². The summed E-state index contributed by atoms with van der Waals surface area (Å²) in [7, 11) is -1.02. The van der Waals surface area contributed by atoms with Gasteiger partial charge in [-0.3, -0.25) is 4.79 Å². The average Bonchev–Trinajstić information content (AvgIpc) is 2.60. The van der Waals surface area contributed by atoms with Gasteiger partial charge in [-0.1, -0.05) is 30.3 Å². The summed E-state index contributed by atoms with van der Waals surface area (Å²) in [6, 6.07) is 13.8. The molecule has 6 nitrogen and oxygen atoms in total. The number of halogens is 1. The van der Waals surface area contributed by atoms with Crippen LogP contribution in [-0.4, -0.2) is 39.3 Å². The van der Waals surface area contributed by atoms with Gasteiger partial charge in [-0.05, 0) is 36.8 Å². The van der Waals surface area contributed by atoms with Crippen molar-refractivity contribution in [2.45, 2.75) is 13.0 Å². The Hall–Kier alpha value is -2.45. The molecular weight excluding hydrogens is 357 g/mol. The minimum atomic E-state index is -3.84. The van der Waals surface area contributed by atoms with Gasteiger partial charge in [0.25, 0.3) is 0 Å². The van der Waals surface area contributed by atoms with E-state index in [0.29, 0.717) is 5.69 Å². The molecule has 2 rings (SSSR count). The highest BCUT2D eigenvalue weighted by Gasteiger charge is 2.27. The standard InChI is InChI=1S/C18H22FN3O3S/c1-14(15-9-11-16(19)12-10-15)20-18(23)13-22(26(24,25)21(2)3)17-7-5-4-6-8-17/h4-12,14H,13H2,1-3H3,(H,20,23). The Morgan fingerprint density at radius 1 is 1.08 bits per heavy atom. The molecule has 0 bridgehead atoms. The number of benzene rings is 2. The maximum Gasteiger partial charge on any atom is 0.304 e. The molecule has 140 valence electrons. The number of carbonyl (C=O) groups excluding carboxylic acids is 1. The van der Waals surface area contributed by atoms with E-state index < -0.39 is 16.1 Å². The second kappa shape index (κ2) is 8.29. The number of rotatable bonds is 7. The highest BCUT2D eigenvalue weighted by molar-refractivity contribution is 7.90. The van der Waals surface area contributed by atoms with E-state index in [9.17, 15) is 17.6 Å². The van der Waals surface area contributed by atoms with E-state index in [1.54, 1.807) is 49.4 Å². The van der Waals surface area contributed by atoms with Crippen molar-refractivity contribution in [3.05, 3.63) is 66.0 Å². The van der Waals surface area contributed by atoms with Crippen LogP contribution < -0.4 is 9.62 Å². The predicted octanol–water partition coefficient (Wildman–Crippen LogP) is 2.32. The molecule has 26 heavy (non-hydrogen) atoms. The fourth-order valence-electron chi connectivity index (χ4n) is 2.35. The Bertz CT molecular complexity index is 840. The van der Waals surface area contributed by atoms with Crippen LogP contribution in [0, 0.1) is 5.82 Å². The fraction of sp³-hybridized carbons (Fsp3) is 0.278. The van der Waals surface area contributed by atoms with Crippen molar-refractivity contribution in [2.75, 3.05) is 24.9 Å². The number of amides is 1. The van der Waals surface area contributed by atoms with Crippen molar-refractivity contribution < 1.29 is 17.6 Å². The monoisotopic (exact) mass is 379 g/mol. The first-order valence-corrected chi connectivity index (χ1v) is 9.41. The highest BCUT2D eigenvalue weighted by atomic mass is 32.2. The third-order valence-electron chi connectivity index (χ3n) is 3.82. The van der Waals surface area contributed by atoms with Crippen molar-refractivity contribution in [3.63, 3.8) is 0 Å². The Kier molecular flexibility index (Phi) is 6.33. The van der Waals surface area contributed by atoms with E-state index in [1.165, 1.54) is 26.2 Å². The van der Waals surface area contributed by atoms with Gasteiger partial charge in [-0.2, -0.15) is 12.7 Å². The lowest BCUT2D eigenvalue weighted by molar-refractivity contribution is -0.120. The molecule has 1 amide bonds. The van der Waals surface area contributed by atoms with Gasteiger partial charge in [0.15, 0.2) is 0 Å². The van der Waals surface area contributed by atoms with Crippen LogP contribution in [0.4, 0.5) is 10.1 Å². The van der Waals surface area contributed by atoms with Crippen LogP contribution in [0.15, 0.2) is 54.6 Å². The van der Waals surface area contributed by atoms with Crippen LogP contribution in [0.1, 0.15) is 18.5 Å². The largest absolute Gasteiger partial charge is 0.348 e. The zero-order valence-electron chi connectivity index (χ0n) is 14.9. The van der Waals surface area contributed by atoms with E-state index in [-0.39, 0.29) is 18.4 Å². The number of anilines is 1. The van der Waals surface area contributed by atoms with Crippen molar-refractivity contribution in [2.24, 2.45) is 0 Å². The molecule has 0 saturated carbocycles. The summed E-state index contributed by atoms with van der Waals surface area (Å²) in [4.78, 5) is 12.4. The van der Waals surface area contributed by atoms with E-state index in [2.05, 4.69) is 5.32 Å².